The van der Waals surface area contributed by atoms with Gasteiger partial charge in [-0.05, 0) is 55.8 Å². The Hall–Kier alpha value is -4.52. The van der Waals surface area contributed by atoms with Gasteiger partial charge in [0, 0.05) is 43.3 Å². The van der Waals surface area contributed by atoms with E-state index in [-0.39, 0.29) is 24.9 Å². The van der Waals surface area contributed by atoms with Crippen LogP contribution in [0.4, 0.5) is 16.0 Å². The minimum absolute atomic E-state index is 0.128. The molecular weight excluding hydrogens is 551 g/mol. The van der Waals surface area contributed by atoms with E-state index < -0.39 is 11.7 Å². The number of aliphatic imine (C=N–C) groups is 1. The Morgan fingerprint density at radius 2 is 1.88 bits per heavy atom. The molecule has 4 heterocycles. The van der Waals surface area contributed by atoms with Gasteiger partial charge >= 0.3 is 0 Å². The Labute approximate surface area is 248 Å². The lowest BCUT2D eigenvalue weighted by Crippen LogP contribution is -2.45. The third-order valence-corrected chi connectivity index (χ3v) is 7.35. The molecule has 2 aromatic heterocycles. The highest BCUT2D eigenvalue weighted by molar-refractivity contribution is 5.95. The van der Waals surface area contributed by atoms with Gasteiger partial charge in [-0.2, -0.15) is 0 Å². The number of para-hydroxylation sites is 1. The van der Waals surface area contributed by atoms with E-state index >= 15 is 0 Å². The van der Waals surface area contributed by atoms with E-state index in [0.29, 0.717) is 46.7 Å². The van der Waals surface area contributed by atoms with Crippen molar-refractivity contribution in [3.63, 3.8) is 0 Å². The number of halogens is 1. The van der Waals surface area contributed by atoms with Crippen molar-refractivity contribution in [3.8, 4) is 22.6 Å². The van der Waals surface area contributed by atoms with E-state index in [4.69, 9.17) is 19.4 Å². The molecule has 1 amide bonds. The van der Waals surface area contributed by atoms with E-state index in [9.17, 15) is 9.18 Å². The van der Waals surface area contributed by atoms with Crippen LogP contribution in [0.25, 0.3) is 22.6 Å². The van der Waals surface area contributed by atoms with Crippen molar-refractivity contribution in [2.75, 3.05) is 50.2 Å². The van der Waals surface area contributed by atoms with Crippen LogP contribution in [-0.4, -0.2) is 76.5 Å². The summed E-state index contributed by atoms with van der Waals surface area (Å²) < 4.78 is 25.8. The van der Waals surface area contributed by atoms with Gasteiger partial charge in [0.15, 0.2) is 5.82 Å². The number of aromatic amines is 1. The summed E-state index contributed by atoms with van der Waals surface area (Å²) in [6, 6.07) is 17.1. The quantitative estimate of drug-likeness (QED) is 0.232. The number of anilines is 2. The lowest BCUT2D eigenvalue weighted by atomic mass is 9.91. The summed E-state index contributed by atoms with van der Waals surface area (Å²) in [6.45, 7) is 5.32. The summed E-state index contributed by atoms with van der Waals surface area (Å²) >= 11 is 0. The van der Waals surface area contributed by atoms with Crippen LogP contribution in [0.15, 0.2) is 71.9 Å². The van der Waals surface area contributed by atoms with Crippen molar-refractivity contribution < 1.29 is 18.7 Å². The molecule has 4 aromatic rings. The largest absolute Gasteiger partial charge is 0.354 e. The van der Waals surface area contributed by atoms with Gasteiger partial charge in [0.2, 0.25) is 18.1 Å². The molecule has 11 nitrogen and oxygen atoms in total. The van der Waals surface area contributed by atoms with Gasteiger partial charge in [-0.3, -0.25) is 14.7 Å². The molecule has 43 heavy (non-hydrogen) atoms. The maximum absolute atomic E-state index is 13.8. The lowest BCUT2D eigenvalue weighted by molar-refractivity contribution is -0.229. The number of aromatic nitrogens is 4. The van der Waals surface area contributed by atoms with Gasteiger partial charge in [-0.25, -0.2) is 19.3 Å². The maximum atomic E-state index is 13.8. The molecule has 0 atom stereocenters. The minimum atomic E-state index is -0.892. The standard InChI is InChI=1S/C31H33FN8O3/c1-31(29(41)36-23-6-3-2-4-7-23)18-42-28(43-19-31)27-38-25(21-8-10-22(32)11-9-21)26(39-27)24-12-14-35-30(37-24)34-13-5-16-40-17-15-33-20-40/h2-4,6-12,14-15,28H,5,13,16-20H2,1H3,(H,36,41)(H,38,39)(H,34,35,37). The molecule has 1 saturated heterocycles. The number of rotatable bonds is 10. The van der Waals surface area contributed by atoms with Crippen LogP contribution in [-0.2, 0) is 14.3 Å². The second-order valence-corrected chi connectivity index (χ2v) is 10.8. The highest BCUT2D eigenvalue weighted by Crippen LogP contribution is 2.36. The van der Waals surface area contributed by atoms with Gasteiger partial charge in [0.1, 0.15) is 5.82 Å². The van der Waals surface area contributed by atoms with Crippen molar-refractivity contribution >= 4 is 23.8 Å². The highest BCUT2D eigenvalue weighted by Gasteiger charge is 2.41. The number of carbonyl (C=O) groups excluding carboxylic acids is 1. The average molecular weight is 585 g/mol. The van der Waals surface area contributed by atoms with Crippen LogP contribution in [0.1, 0.15) is 25.5 Å². The van der Waals surface area contributed by atoms with Crippen LogP contribution in [0.2, 0.25) is 0 Å². The van der Waals surface area contributed by atoms with Crippen molar-refractivity contribution in [1.29, 1.82) is 0 Å². The Morgan fingerprint density at radius 1 is 1.09 bits per heavy atom. The molecule has 0 saturated carbocycles. The fourth-order valence-corrected chi connectivity index (χ4v) is 4.86. The van der Waals surface area contributed by atoms with Crippen LogP contribution >= 0.6 is 0 Å². The van der Waals surface area contributed by atoms with E-state index in [1.165, 1.54) is 12.1 Å². The van der Waals surface area contributed by atoms with E-state index in [2.05, 4.69) is 30.5 Å². The number of amides is 1. The zero-order chi connectivity index (χ0) is 29.6. The Balaban J connectivity index is 1.18. The van der Waals surface area contributed by atoms with Crippen LogP contribution in [0.5, 0.6) is 0 Å². The second kappa shape index (κ2) is 12.8. The smallest absolute Gasteiger partial charge is 0.234 e. The molecule has 3 N–H and O–H groups in total. The Morgan fingerprint density at radius 3 is 2.63 bits per heavy atom. The third kappa shape index (κ3) is 6.77. The summed E-state index contributed by atoms with van der Waals surface area (Å²) in [5, 5.41) is 6.22. The molecule has 1 fully saturated rings. The number of benzene rings is 2. The molecule has 0 aliphatic carbocycles. The summed E-state index contributed by atoms with van der Waals surface area (Å²) in [5.74, 6) is 0.365. The van der Waals surface area contributed by atoms with Crippen molar-refractivity contribution in [2.24, 2.45) is 10.4 Å². The molecule has 222 valence electrons. The monoisotopic (exact) mass is 584 g/mol. The number of hydrogen-bond donors (Lipinski definition) is 3. The lowest BCUT2D eigenvalue weighted by Gasteiger charge is -2.35. The Kier molecular flexibility index (Phi) is 8.50. The van der Waals surface area contributed by atoms with Gasteiger partial charge in [0.05, 0.1) is 42.4 Å². The second-order valence-electron chi connectivity index (χ2n) is 10.8. The number of ether oxygens (including phenoxy) is 2. The fraction of sp³-hybridized carbons (Fsp3) is 0.323. The van der Waals surface area contributed by atoms with Crippen LogP contribution in [0.3, 0.4) is 0 Å². The van der Waals surface area contributed by atoms with E-state index in [0.717, 1.165) is 26.2 Å². The molecule has 0 spiro atoms. The molecule has 12 heteroatoms. The van der Waals surface area contributed by atoms with Gasteiger partial charge in [0.25, 0.3) is 0 Å². The molecule has 0 bridgehead atoms. The SMILES string of the molecule is CC1(C(=O)Nc2ccccc2)COC(c2nc(-c3ccc(F)cc3)c(-c3ccnc(NCCCN4CC=NC4)n3)[nH]2)OC1. The third-order valence-electron chi connectivity index (χ3n) is 7.35. The minimum Gasteiger partial charge on any atom is -0.354 e. The molecule has 0 radical (unpaired) electrons. The number of imidazole rings is 1. The fourth-order valence-electron chi connectivity index (χ4n) is 4.86. The van der Waals surface area contributed by atoms with Crippen LogP contribution in [0, 0.1) is 11.2 Å². The van der Waals surface area contributed by atoms with Gasteiger partial charge < -0.3 is 25.1 Å². The first-order valence-electron chi connectivity index (χ1n) is 14.2. The number of hydrogen-bond acceptors (Lipinski definition) is 9. The van der Waals surface area contributed by atoms with Crippen molar-refractivity contribution in [3.05, 3.63) is 78.5 Å². The number of nitrogens with one attached hydrogen (secondary N) is 3. The van der Waals surface area contributed by atoms with Gasteiger partial charge in [-0.1, -0.05) is 18.2 Å². The molecule has 2 aliphatic rings. The Bertz CT molecular complexity index is 1560. The normalized spacial score (nSPS) is 20.3. The predicted octanol–water partition coefficient (Wildman–Crippen LogP) is 4.51. The zero-order valence-electron chi connectivity index (χ0n) is 23.8. The summed E-state index contributed by atoms with van der Waals surface area (Å²) in [6.07, 6.45) is 3.70. The van der Waals surface area contributed by atoms with Crippen molar-refractivity contribution in [1.82, 2.24) is 24.8 Å². The topological polar surface area (TPSA) is 130 Å². The summed E-state index contributed by atoms with van der Waals surface area (Å²) in [7, 11) is 0. The summed E-state index contributed by atoms with van der Waals surface area (Å²) in [4.78, 5) is 36.7. The average Bonchev–Trinajstić information content (AvgIpc) is 3.72. The van der Waals surface area contributed by atoms with Gasteiger partial charge in [-0.15, -0.1) is 0 Å². The first-order valence-corrected chi connectivity index (χ1v) is 14.2. The first-order chi connectivity index (χ1) is 21.0. The predicted molar refractivity (Wildman–Crippen MR) is 161 cm³/mol. The van der Waals surface area contributed by atoms with Crippen molar-refractivity contribution in [2.45, 2.75) is 19.6 Å². The highest BCUT2D eigenvalue weighted by atomic mass is 19.1. The number of H-pyrrole nitrogens is 1. The van der Waals surface area contributed by atoms with Crippen LogP contribution < -0.4 is 10.6 Å². The summed E-state index contributed by atoms with van der Waals surface area (Å²) in [5.41, 5.74) is 2.29. The zero-order valence-corrected chi connectivity index (χ0v) is 23.8. The van der Waals surface area contributed by atoms with E-state index in [1.807, 2.05) is 36.5 Å². The molecule has 0 unspecified atom stereocenters. The van der Waals surface area contributed by atoms with E-state index in [1.54, 1.807) is 31.3 Å². The molecular formula is C31H33FN8O3. The number of nitrogens with zero attached hydrogens (tertiary/aromatic N) is 5. The molecule has 6 rings (SSSR count). The molecule has 2 aliphatic heterocycles. The maximum Gasteiger partial charge on any atom is 0.234 e. The number of carbonyl (C=O) groups is 1. The first kappa shape index (κ1) is 28.6. The molecule has 2 aromatic carbocycles.